The minimum absolute atomic E-state index is 0.232. The van der Waals surface area contributed by atoms with Crippen LogP contribution < -0.4 is 15.2 Å². The van der Waals surface area contributed by atoms with Crippen molar-refractivity contribution in [3.8, 4) is 17.4 Å². The van der Waals surface area contributed by atoms with E-state index in [1.165, 1.54) is 13.4 Å². The topological polar surface area (TPSA) is 83.2 Å². The molecule has 0 aliphatic carbocycles. The second-order valence-corrected chi connectivity index (χ2v) is 4.03. The van der Waals surface area contributed by atoms with Crippen LogP contribution in [0.15, 0.2) is 42.9 Å². The molecule has 1 aromatic carbocycles. The van der Waals surface area contributed by atoms with Gasteiger partial charge in [-0.1, -0.05) is 6.07 Å². The summed E-state index contributed by atoms with van der Waals surface area (Å²) in [6.45, 7) is 0. The van der Waals surface area contributed by atoms with E-state index in [9.17, 15) is 0 Å². The van der Waals surface area contributed by atoms with Gasteiger partial charge in [0.15, 0.2) is 5.82 Å². The Morgan fingerprint density at radius 1 is 1.05 bits per heavy atom. The van der Waals surface area contributed by atoms with Gasteiger partial charge in [0.1, 0.15) is 12.1 Å². The van der Waals surface area contributed by atoms with E-state index in [4.69, 9.17) is 15.2 Å². The molecule has 0 saturated carbocycles. The summed E-state index contributed by atoms with van der Waals surface area (Å²) in [7, 11) is 1.49. The van der Waals surface area contributed by atoms with Crippen LogP contribution in [0.2, 0.25) is 0 Å². The number of aromatic nitrogens is 3. The Bertz CT molecular complexity index is 756. The lowest BCUT2D eigenvalue weighted by atomic mass is 10.2. The number of nitrogens with two attached hydrogens (primary N) is 1. The van der Waals surface area contributed by atoms with Crippen molar-refractivity contribution in [2.24, 2.45) is 0 Å². The Morgan fingerprint density at radius 2 is 1.95 bits per heavy atom. The molecule has 0 fully saturated rings. The molecule has 0 spiro atoms. The Labute approximate surface area is 115 Å². The number of hydrogen-bond donors (Lipinski definition) is 1. The highest BCUT2D eigenvalue weighted by Gasteiger charge is 2.13. The fourth-order valence-corrected chi connectivity index (χ4v) is 1.90. The van der Waals surface area contributed by atoms with Gasteiger partial charge in [-0.3, -0.25) is 4.98 Å². The van der Waals surface area contributed by atoms with Crippen molar-refractivity contribution in [2.75, 3.05) is 12.8 Å². The molecule has 0 saturated heterocycles. The van der Waals surface area contributed by atoms with Gasteiger partial charge in [-0.2, -0.15) is 4.98 Å². The molecule has 20 heavy (non-hydrogen) atoms. The third-order valence-corrected chi connectivity index (χ3v) is 2.82. The summed E-state index contributed by atoms with van der Waals surface area (Å²) in [5, 5.41) is 0.884. The number of anilines is 1. The van der Waals surface area contributed by atoms with E-state index in [1.54, 1.807) is 6.20 Å². The molecular weight excluding hydrogens is 256 g/mol. The molecule has 0 bridgehead atoms. The molecule has 100 valence electrons. The number of nitrogens with zero attached hydrogens (tertiary/aromatic N) is 3. The van der Waals surface area contributed by atoms with Crippen LogP contribution in [0.1, 0.15) is 0 Å². The number of benzene rings is 1. The van der Waals surface area contributed by atoms with Crippen molar-refractivity contribution in [3.63, 3.8) is 0 Å². The molecule has 0 aliphatic rings. The van der Waals surface area contributed by atoms with Crippen molar-refractivity contribution in [2.45, 2.75) is 0 Å². The first-order valence-electron chi connectivity index (χ1n) is 5.95. The minimum Gasteiger partial charge on any atom is -0.489 e. The lowest BCUT2D eigenvalue weighted by Gasteiger charge is -2.11. The van der Waals surface area contributed by atoms with Crippen molar-refractivity contribution < 1.29 is 9.47 Å². The third-order valence-electron chi connectivity index (χ3n) is 2.82. The number of rotatable bonds is 3. The van der Waals surface area contributed by atoms with Gasteiger partial charge in [0, 0.05) is 11.6 Å². The number of ether oxygens (including phenoxy) is 2. The van der Waals surface area contributed by atoms with E-state index in [0.717, 1.165) is 10.9 Å². The number of hydrogen-bond acceptors (Lipinski definition) is 6. The van der Waals surface area contributed by atoms with Crippen LogP contribution in [0.5, 0.6) is 17.4 Å². The van der Waals surface area contributed by atoms with Crippen LogP contribution in [-0.4, -0.2) is 22.1 Å². The van der Waals surface area contributed by atoms with Crippen LogP contribution in [-0.2, 0) is 0 Å². The summed E-state index contributed by atoms with van der Waals surface area (Å²) >= 11 is 0. The maximum Gasteiger partial charge on any atom is 0.268 e. The van der Waals surface area contributed by atoms with Crippen molar-refractivity contribution in [3.05, 3.63) is 42.9 Å². The van der Waals surface area contributed by atoms with Crippen molar-refractivity contribution in [1.82, 2.24) is 15.0 Å². The van der Waals surface area contributed by atoms with E-state index >= 15 is 0 Å². The monoisotopic (exact) mass is 268 g/mol. The standard InChI is InChI=1S/C14H12N4O2/c1-19-12-13(15)17-8-18-14(12)20-11-6-2-5-10-9(11)4-3-7-16-10/h2-8H,1H3,(H2,15,17,18). The zero-order valence-electron chi connectivity index (χ0n) is 10.8. The minimum atomic E-state index is 0.232. The molecule has 6 nitrogen and oxygen atoms in total. The molecule has 0 radical (unpaired) electrons. The molecule has 0 aliphatic heterocycles. The highest BCUT2D eigenvalue weighted by Crippen LogP contribution is 2.35. The normalized spacial score (nSPS) is 10.4. The van der Waals surface area contributed by atoms with E-state index in [-0.39, 0.29) is 11.7 Å². The summed E-state index contributed by atoms with van der Waals surface area (Å²) in [6.07, 6.45) is 3.06. The zero-order chi connectivity index (χ0) is 13.9. The van der Waals surface area contributed by atoms with Crippen molar-refractivity contribution in [1.29, 1.82) is 0 Å². The van der Waals surface area contributed by atoms with Crippen LogP contribution in [0, 0.1) is 0 Å². The van der Waals surface area contributed by atoms with Crippen LogP contribution in [0.25, 0.3) is 10.9 Å². The molecule has 6 heteroatoms. The molecule has 0 atom stereocenters. The maximum absolute atomic E-state index is 5.80. The summed E-state index contributed by atoms with van der Waals surface area (Å²) in [6, 6.07) is 9.38. The number of nitrogen functional groups attached to an aromatic ring is 1. The average molecular weight is 268 g/mol. The van der Waals surface area contributed by atoms with Gasteiger partial charge in [-0.05, 0) is 24.3 Å². The van der Waals surface area contributed by atoms with Gasteiger partial charge < -0.3 is 15.2 Å². The molecule has 2 N–H and O–H groups in total. The van der Waals surface area contributed by atoms with E-state index in [1.807, 2.05) is 30.3 Å². The number of fused-ring (bicyclic) bond motifs is 1. The fourth-order valence-electron chi connectivity index (χ4n) is 1.90. The highest BCUT2D eigenvalue weighted by atomic mass is 16.5. The first kappa shape index (κ1) is 12.2. The zero-order valence-corrected chi connectivity index (χ0v) is 10.8. The Balaban J connectivity index is 2.08. The first-order chi connectivity index (χ1) is 9.79. The summed E-state index contributed by atoms with van der Waals surface area (Å²) < 4.78 is 11.0. The fraction of sp³-hybridized carbons (Fsp3) is 0.0714. The smallest absolute Gasteiger partial charge is 0.268 e. The lowest BCUT2D eigenvalue weighted by Crippen LogP contribution is -2.00. The Kier molecular flexibility index (Phi) is 3.04. The first-order valence-corrected chi connectivity index (χ1v) is 5.95. The van der Waals surface area contributed by atoms with Crippen LogP contribution in [0.3, 0.4) is 0 Å². The maximum atomic E-state index is 5.80. The summed E-state index contributed by atoms with van der Waals surface area (Å²) in [4.78, 5) is 12.2. The lowest BCUT2D eigenvalue weighted by molar-refractivity contribution is 0.371. The average Bonchev–Trinajstić information content (AvgIpc) is 2.48. The van der Waals surface area contributed by atoms with Crippen LogP contribution >= 0.6 is 0 Å². The molecule has 0 unspecified atom stereocenters. The number of methoxy groups -OCH3 is 1. The molecule has 3 rings (SSSR count). The number of pyridine rings is 1. The van der Waals surface area contributed by atoms with Crippen molar-refractivity contribution >= 4 is 16.7 Å². The molecule has 0 amide bonds. The van der Waals surface area contributed by atoms with E-state index < -0.39 is 0 Å². The van der Waals surface area contributed by atoms with Gasteiger partial charge in [0.2, 0.25) is 5.75 Å². The molecule has 2 aromatic heterocycles. The summed E-state index contributed by atoms with van der Waals surface area (Å²) in [5.74, 6) is 1.45. The highest BCUT2D eigenvalue weighted by molar-refractivity contribution is 5.85. The van der Waals surface area contributed by atoms with E-state index in [2.05, 4.69) is 15.0 Å². The molecule has 2 heterocycles. The Hall–Kier alpha value is -2.89. The predicted octanol–water partition coefficient (Wildman–Crippen LogP) is 2.41. The van der Waals surface area contributed by atoms with Gasteiger partial charge in [-0.15, -0.1) is 0 Å². The predicted molar refractivity (Wildman–Crippen MR) is 74.8 cm³/mol. The van der Waals surface area contributed by atoms with Gasteiger partial charge in [0.25, 0.3) is 5.88 Å². The van der Waals surface area contributed by atoms with Gasteiger partial charge >= 0.3 is 0 Å². The Morgan fingerprint density at radius 3 is 2.80 bits per heavy atom. The second kappa shape index (κ2) is 5.00. The van der Waals surface area contributed by atoms with Gasteiger partial charge in [-0.25, -0.2) is 4.98 Å². The SMILES string of the molecule is COc1c(N)ncnc1Oc1cccc2ncccc12. The third kappa shape index (κ3) is 2.07. The second-order valence-electron chi connectivity index (χ2n) is 4.03. The van der Waals surface area contributed by atoms with Gasteiger partial charge in [0.05, 0.1) is 12.6 Å². The molecule has 3 aromatic rings. The summed E-state index contributed by atoms with van der Waals surface area (Å²) in [5.41, 5.74) is 6.57. The van der Waals surface area contributed by atoms with Crippen LogP contribution in [0.4, 0.5) is 5.82 Å². The quantitative estimate of drug-likeness (QED) is 0.785. The largest absolute Gasteiger partial charge is 0.489 e. The van der Waals surface area contributed by atoms with E-state index in [0.29, 0.717) is 11.5 Å². The molecular formula is C14H12N4O2.